The van der Waals surface area contributed by atoms with Crippen LogP contribution < -0.4 is 5.32 Å². The van der Waals surface area contributed by atoms with E-state index in [-0.39, 0.29) is 0 Å². The largest absolute Gasteiger partial charge is 0.383 e. The van der Waals surface area contributed by atoms with Gasteiger partial charge in [0.05, 0.1) is 10.4 Å². The number of methoxy groups -OCH3 is 1. The minimum atomic E-state index is 0.561. The zero-order valence-electron chi connectivity index (χ0n) is 10.6. The van der Waals surface area contributed by atoms with Crippen molar-refractivity contribution in [1.82, 2.24) is 5.32 Å². The monoisotopic (exact) mass is 317 g/mol. The number of rotatable bonds is 7. The Balaban J connectivity index is 2.56. The van der Waals surface area contributed by atoms with Gasteiger partial charge in [-0.3, -0.25) is 0 Å². The average molecular weight is 318 g/mol. The van der Waals surface area contributed by atoms with Gasteiger partial charge in [-0.05, 0) is 40.1 Å². The van der Waals surface area contributed by atoms with E-state index in [4.69, 9.17) is 4.74 Å². The van der Waals surface area contributed by atoms with Gasteiger partial charge in [0.2, 0.25) is 0 Å². The first-order valence-electron chi connectivity index (χ1n) is 5.79. The number of hydrogen-bond acceptors (Lipinski definition) is 3. The van der Waals surface area contributed by atoms with E-state index >= 15 is 0 Å². The second-order valence-corrected chi connectivity index (χ2v) is 6.68. The summed E-state index contributed by atoms with van der Waals surface area (Å²) >= 11 is 5.25. The van der Waals surface area contributed by atoms with Crippen LogP contribution in [0.1, 0.15) is 18.7 Å². The molecule has 0 bridgehead atoms. The summed E-state index contributed by atoms with van der Waals surface area (Å²) in [6.45, 7) is 7.04. The third kappa shape index (κ3) is 5.82. The second-order valence-electron chi connectivity index (χ2n) is 4.19. The first-order valence-corrected chi connectivity index (χ1v) is 7.40. The molecule has 0 atom stereocenters. The van der Waals surface area contributed by atoms with Crippen molar-refractivity contribution in [3.05, 3.63) is 26.4 Å². The van der Waals surface area contributed by atoms with Gasteiger partial charge in [-0.2, -0.15) is 0 Å². The molecule has 0 saturated carbocycles. The third-order valence-electron chi connectivity index (χ3n) is 2.48. The molecule has 17 heavy (non-hydrogen) atoms. The molecule has 1 N–H and O–H groups in total. The van der Waals surface area contributed by atoms with Crippen LogP contribution in [0.5, 0.6) is 0 Å². The van der Waals surface area contributed by atoms with E-state index in [9.17, 15) is 0 Å². The number of hydrogen-bond donors (Lipinski definition) is 1. The molecular weight excluding hydrogens is 298 g/mol. The van der Waals surface area contributed by atoms with Crippen LogP contribution in [0.3, 0.4) is 0 Å². The third-order valence-corrected chi connectivity index (χ3v) is 4.05. The Morgan fingerprint density at radius 1 is 1.53 bits per heavy atom. The normalized spacial score (nSPS) is 12.4. The van der Waals surface area contributed by atoms with Crippen molar-refractivity contribution in [2.24, 2.45) is 5.92 Å². The van der Waals surface area contributed by atoms with Crippen molar-refractivity contribution >= 4 is 33.3 Å². The van der Waals surface area contributed by atoms with Crippen molar-refractivity contribution in [3.8, 4) is 0 Å². The van der Waals surface area contributed by atoms with E-state index in [0.29, 0.717) is 5.92 Å². The topological polar surface area (TPSA) is 21.3 Å². The Hall–Kier alpha value is -0.160. The van der Waals surface area contributed by atoms with Crippen LogP contribution in [0.15, 0.2) is 21.5 Å². The highest BCUT2D eigenvalue weighted by atomic mass is 79.9. The molecule has 0 amide bonds. The van der Waals surface area contributed by atoms with E-state index < -0.39 is 0 Å². The molecule has 0 radical (unpaired) electrons. The number of nitrogens with one attached hydrogen (secondary N) is 1. The molecule has 0 aliphatic heterocycles. The molecule has 1 aromatic heterocycles. The smallest absolute Gasteiger partial charge is 0.0704 e. The molecular formula is C13H20BrNOS. The van der Waals surface area contributed by atoms with Gasteiger partial charge in [-0.25, -0.2) is 0 Å². The van der Waals surface area contributed by atoms with Crippen LogP contribution in [0, 0.1) is 5.92 Å². The highest BCUT2D eigenvalue weighted by Gasteiger charge is 2.04. The van der Waals surface area contributed by atoms with Gasteiger partial charge in [-0.1, -0.05) is 19.4 Å². The Kier molecular flexibility index (Phi) is 7.04. The molecule has 0 aliphatic carbocycles. The summed E-state index contributed by atoms with van der Waals surface area (Å²) in [7, 11) is 1.73. The lowest BCUT2D eigenvalue weighted by Crippen LogP contribution is -2.23. The summed E-state index contributed by atoms with van der Waals surface area (Å²) in [6, 6.07) is 4.24. The molecule has 2 nitrogen and oxygen atoms in total. The molecule has 0 aromatic carbocycles. The molecule has 0 aliphatic rings. The lowest BCUT2D eigenvalue weighted by Gasteiger charge is -2.12. The van der Waals surface area contributed by atoms with Crippen LogP contribution in [-0.4, -0.2) is 26.8 Å². The Morgan fingerprint density at radius 2 is 2.29 bits per heavy atom. The maximum absolute atomic E-state index is 5.02. The quantitative estimate of drug-likeness (QED) is 0.773. The number of ether oxygens (including phenoxy) is 1. The summed E-state index contributed by atoms with van der Waals surface area (Å²) in [5, 5.41) is 3.39. The summed E-state index contributed by atoms with van der Waals surface area (Å²) in [4.78, 5) is 1.30. The van der Waals surface area contributed by atoms with Crippen molar-refractivity contribution in [1.29, 1.82) is 0 Å². The summed E-state index contributed by atoms with van der Waals surface area (Å²) in [5.41, 5.74) is 1.43. The molecule has 1 aromatic rings. The molecule has 1 heterocycles. The van der Waals surface area contributed by atoms with Crippen LogP contribution >= 0.6 is 27.3 Å². The minimum Gasteiger partial charge on any atom is -0.383 e. The van der Waals surface area contributed by atoms with E-state index in [2.05, 4.69) is 53.3 Å². The zero-order valence-corrected chi connectivity index (χ0v) is 13.0. The van der Waals surface area contributed by atoms with Gasteiger partial charge in [0.1, 0.15) is 0 Å². The van der Waals surface area contributed by atoms with Gasteiger partial charge in [0, 0.05) is 25.1 Å². The van der Waals surface area contributed by atoms with Crippen LogP contribution in [0.4, 0.5) is 0 Å². The average Bonchev–Trinajstić information content (AvgIpc) is 2.68. The second kappa shape index (κ2) is 8.03. The molecule has 4 heteroatoms. The molecule has 1 rings (SSSR count). The summed E-state index contributed by atoms with van der Waals surface area (Å²) < 4.78 is 6.20. The van der Waals surface area contributed by atoms with Crippen LogP contribution in [-0.2, 0) is 4.74 Å². The molecule has 96 valence electrons. The maximum atomic E-state index is 5.02. The van der Waals surface area contributed by atoms with Gasteiger partial charge >= 0.3 is 0 Å². The van der Waals surface area contributed by atoms with Crippen molar-refractivity contribution in [2.75, 3.05) is 26.8 Å². The van der Waals surface area contributed by atoms with Gasteiger partial charge in [0.25, 0.3) is 0 Å². The Labute approximate surface area is 116 Å². The lowest BCUT2D eigenvalue weighted by molar-refractivity contribution is 0.200. The molecule has 0 unspecified atom stereocenters. The van der Waals surface area contributed by atoms with E-state index in [1.807, 2.05) is 0 Å². The minimum absolute atomic E-state index is 0.561. The standard InChI is InChI=1S/C13H20BrNOS/c1-10(2)11(9-15-6-7-16-3)8-12-4-5-13(14)17-12/h4-5,8,10,15H,6-7,9H2,1-3H3. The zero-order chi connectivity index (χ0) is 12.7. The highest BCUT2D eigenvalue weighted by molar-refractivity contribution is 9.11. The van der Waals surface area contributed by atoms with E-state index in [1.165, 1.54) is 14.2 Å². The Morgan fingerprint density at radius 3 is 2.82 bits per heavy atom. The Bertz CT molecular complexity index is 360. The van der Waals surface area contributed by atoms with E-state index in [0.717, 1.165) is 19.7 Å². The van der Waals surface area contributed by atoms with Crippen LogP contribution in [0.25, 0.3) is 6.08 Å². The number of halogens is 1. The van der Waals surface area contributed by atoms with Gasteiger partial charge < -0.3 is 10.1 Å². The number of thiophene rings is 1. The fraction of sp³-hybridized carbons (Fsp3) is 0.538. The molecule has 0 fully saturated rings. The maximum Gasteiger partial charge on any atom is 0.0704 e. The fourth-order valence-corrected chi connectivity index (χ4v) is 2.82. The lowest BCUT2D eigenvalue weighted by atomic mass is 10.0. The predicted molar refractivity (Wildman–Crippen MR) is 79.6 cm³/mol. The highest BCUT2D eigenvalue weighted by Crippen LogP contribution is 2.25. The molecule has 0 spiro atoms. The SMILES string of the molecule is COCCNCC(=Cc1ccc(Br)s1)C(C)C. The van der Waals surface area contributed by atoms with Gasteiger partial charge in [0.15, 0.2) is 0 Å². The van der Waals surface area contributed by atoms with Crippen molar-refractivity contribution in [3.63, 3.8) is 0 Å². The summed E-state index contributed by atoms with van der Waals surface area (Å²) in [6.07, 6.45) is 2.28. The van der Waals surface area contributed by atoms with Crippen molar-refractivity contribution < 1.29 is 4.74 Å². The predicted octanol–water partition coefficient (Wildman–Crippen LogP) is 3.79. The first kappa shape index (κ1) is 14.9. The first-order chi connectivity index (χ1) is 8.13. The molecule has 0 saturated heterocycles. The van der Waals surface area contributed by atoms with E-state index in [1.54, 1.807) is 18.4 Å². The van der Waals surface area contributed by atoms with Gasteiger partial charge in [-0.15, -0.1) is 11.3 Å². The van der Waals surface area contributed by atoms with Crippen molar-refractivity contribution in [2.45, 2.75) is 13.8 Å². The van der Waals surface area contributed by atoms with Crippen LogP contribution in [0.2, 0.25) is 0 Å². The summed E-state index contributed by atoms with van der Waals surface area (Å²) in [5.74, 6) is 0.561. The fourth-order valence-electron chi connectivity index (χ4n) is 1.42.